The molecule has 7 heteroatoms. The first kappa shape index (κ1) is 32.2. The second-order valence-electron chi connectivity index (χ2n) is 11.0. The molecule has 41 heavy (non-hydrogen) atoms. The van der Waals surface area contributed by atoms with Gasteiger partial charge in [0, 0.05) is 5.56 Å². The molecule has 6 nitrogen and oxygen atoms in total. The number of carbonyl (C=O) groups is 2. The summed E-state index contributed by atoms with van der Waals surface area (Å²) in [5, 5.41) is 18.2. The standard InChI is InChI=1S/C34H43FO6/c1-4-5-6-7-25-8-10-26(11-9-25)29-16-17-31(32(35)18-29)28-14-12-27(13-15-28)30(21-40-33(38)23(2)19-36)22-41-34(39)24(3)20-37/h12-18,25-26,30,36-37H,2-11,19-22H2,1H3. The molecule has 0 unspecified atom stereocenters. The lowest BCUT2D eigenvalue weighted by Gasteiger charge is -2.29. The zero-order valence-electron chi connectivity index (χ0n) is 24.1. The lowest BCUT2D eigenvalue weighted by Crippen LogP contribution is -2.21. The van der Waals surface area contributed by atoms with Gasteiger partial charge in [0.05, 0.1) is 30.3 Å². The fraction of sp³-hybridized carbons (Fsp3) is 0.471. The van der Waals surface area contributed by atoms with Crippen molar-refractivity contribution in [3.63, 3.8) is 0 Å². The molecule has 1 aliphatic carbocycles. The van der Waals surface area contributed by atoms with E-state index >= 15 is 4.39 Å². The van der Waals surface area contributed by atoms with Gasteiger partial charge in [0.2, 0.25) is 0 Å². The highest BCUT2D eigenvalue weighted by atomic mass is 19.1. The van der Waals surface area contributed by atoms with E-state index in [1.54, 1.807) is 30.3 Å². The Balaban J connectivity index is 1.68. The molecular weight excluding hydrogens is 523 g/mol. The van der Waals surface area contributed by atoms with Gasteiger partial charge < -0.3 is 19.7 Å². The van der Waals surface area contributed by atoms with Crippen LogP contribution in [0.25, 0.3) is 11.1 Å². The molecule has 0 saturated heterocycles. The molecule has 0 atom stereocenters. The second-order valence-corrected chi connectivity index (χ2v) is 11.0. The number of hydrogen-bond acceptors (Lipinski definition) is 6. The number of benzene rings is 2. The fourth-order valence-corrected chi connectivity index (χ4v) is 5.35. The Hall–Kier alpha value is -3.29. The number of halogens is 1. The smallest absolute Gasteiger partial charge is 0.335 e. The monoisotopic (exact) mass is 566 g/mol. The molecule has 2 N–H and O–H groups in total. The number of hydrogen-bond donors (Lipinski definition) is 2. The van der Waals surface area contributed by atoms with Crippen molar-refractivity contribution < 1.29 is 33.7 Å². The van der Waals surface area contributed by atoms with Crippen molar-refractivity contribution in [2.75, 3.05) is 26.4 Å². The van der Waals surface area contributed by atoms with Gasteiger partial charge in [-0.15, -0.1) is 0 Å². The minimum atomic E-state index is -0.757. The number of esters is 2. The normalized spacial score (nSPS) is 16.8. The molecule has 1 saturated carbocycles. The number of unbranched alkanes of at least 4 members (excludes halogenated alkanes) is 2. The van der Waals surface area contributed by atoms with Gasteiger partial charge in [-0.25, -0.2) is 14.0 Å². The van der Waals surface area contributed by atoms with Crippen molar-refractivity contribution in [1.82, 2.24) is 0 Å². The third kappa shape index (κ3) is 9.37. The average molecular weight is 567 g/mol. The van der Waals surface area contributed by atoms with Gasteiger partial charge in [-0.1, -0.05) is 82.2 Å². The summed E-state index contributed by atoms with van der Waals surface area (Å²) in [5.74, 6) is -1.11. The number of carbonyl (C=O) groups excluding carboxylic acids is 2. The van der Waals surface area contributed by atoms with Gasteiger partial charge in [-0.3, -0.25) is 0 Å². The van der Waals surface area contributed by atoms with E-state index in [1.807, 2.05) is 12.1 Å². The van der Waals surface area contributed by atoms with Crippen LogP contribution in [0.4, 0.5) is 4.39 Å². The Morgan fingerprint density at radius 2 is 1.49 bits per heavy atom. The topological polar surface area (TPSA) is 93.1 Å². The molecule has 0 bridgehead atoms. The van der Waals surface area contributed by atoms with Gasteiger partial charge in [-0.2, -0.15) is 0 Å². The highest BCUT2D eigenvalue weighted by Gasteiger charge is 2.23. The van der Waals surface area contributed by atoms with Gasteiger partial charge in [-0.05, 0) is 60.3 Å². The summed E-state index contributed by atoms with van der Waals surface area (Å²) in [6, 6.07) is 12.7. The fourth-order valence-electron chi connectivity index (χ4n) is 5.35. The van der Waals surface area contributed by atoms with E-state index in [1.165, 1.54) is 38.5 Å². The first-order valence-electron chi connectivity index (χ1n) is 14.6. The Bertz CT molecular complexity index is 1150. The van der Waals surface area contributed by atoms with Crippen LogP contribution >= 0.6 is 0 Å². The number of rotatable bonds is 15. The van der Waals surface area contributed by atoms with Crippen LogP contribution in [-0.2, 0) is 19.1 Å². The molecule has 3 rings (SSSR count). The minimum Gasteiger partial charge on any atom is -0.461 e. The number of aliphatic hydroxyl groups excluding tert-OH is 2. The molecule has 2 aromatic rings. The second kappa shape index (κ2) is 16.2. The summed E-state index contributed by atoms with van der Waals surface area (Å²) in [7, 11) is 0. The molecule has 0 heterocycles. The van der Waals surface area contributed by atoms with Crippen LogP contribution in [-0.4, -0.2) is 48.6 Å². The van der Waals surface area contributed by atoms with Crippen molar-refractivity contribution in [3.05, 3.63) is 83.7 Å². The molecule has 222 valence electrons. The Morgan fingerprint density at radius 3 is 2.00 bits per heavy atom. The van der Waals surface area contributed by atoms with Gasteiger partial charge in [0.1, 0.15) is 19.0 Å². The predicted molar refractivity (Wildman–Crippen MR) is 158 cm³/mol. The molecule has 0 aromatic heterocycles. The highest BCUT2D eigenvalue weighted by molar-refractivity contribution is 5.88. The van der Waals surface area contributed by atoms with Crippen LogP contribution in [0.5, 0.6) is 0 Å². The molecule has 0 radical (unpaired) electrons. The highest BCUT2D eigenvalue weighted by Crippen LogP contribution is 2.39. The summed E-state index contributed by atoms with van der Waals surface area (Å²) in [5.41, 5.74) is 2.78. The Kier molecular flexibility index (Phi) is 12.8. The van der Waals surface area contributed by atoms with E-state index in [9.17, 15) is 9.59 Å². The largest absolute Gasteiger partial charge is 0.461 e. The quantitative estimate of drug-likeness (QED) is 0.143. The summed E-state index contributed by atoms with van der Waals surface area (Å²) in [6.45, 7) is 7.80. The summed E-state index contributed by atoms with van der Waals surface area (Å²) < 4.78 is 25.8. The van der Waals surface area contributed by atoms with E-state index < -0.39 is 31.1 Å². The third-order valence-corrected chi connectivity index (χ3v) is 8.01. The van der Waals surface area contributed by atoms with E-state index in [0.717, 1.165) is 24.3 Å². The third-order valence-electron chi connectivity index (χ3n) is 8.01. The van der Waals surface area contributed by atoms with Crippen LogP contribution in [0.15, 0.2) is 66.8 Å². The maximum Gasteiger partial charge on any atom is 0.335 e. The van der Waals surface area contributed by atoms with Crippen molar-refractivity contribution >= 4 is 11.9 Å². The van der Waals surface area contributed by atoms with Crippen LogP contribution in [0.2, 0.25) is 0 Å². The maximum absolute atomic E-state index is 15.3. The van der Waals surface area contributed by atoms with E-state index in [4.69, 9.17) is 19.7 Å². The molecule has 0 aliphatic heterocycles. The van der Waals surface area contributed by atoms with Crippen LogP contribution in [0.3, 0.4) is 0 Å². The molecule has 0 spiro atoms. The van der Waals surface area contributed by atoms with E-state index in [2.05, 4.69) is 20.1 Å². The predicted octanol–water partition coefficient (Wildman–Crippen LogP) is 6.61. The zero-order chi connectivity index (χ0) is 29.8. The summed E-state index contributed by atoms with van der Waals surface area (Å²) in [4.78, 5) is 24.0. The average Bonchev–Trinajstić information content (AvgIpc) is 3.00. The summed E-state index contributed by atoms with van der Waals surface area (Å²) >= 11 is 0. The van der Waals surface area contributed by atoms with Crippen LogP contribution < -0.4 is 0 Å². The Morgan fingerprint density at radius 1 is 0.902 bits per heavy atom. The summed E-state index contributed by atoms with van der Waals surface area (Å²) in [6.07, 6.45) is 9.82. The minimum absolute atomic E-state index is 0.0938. The molecule has 0 amide bonds. The van der Waals surface area contributed by atoms with Crippen LogP contribution in [0, 0.1) is 11.7 Å². The van der Waals surface area contributed by atoms with Gasteiger partial charge in [0.25, 0.3) is 0 Å². The SMILES string of the molecule is C=C(CO)C(=O)OCC(COC(=O)C(=C)CO)c1ccc(-c2ccc(C3CCC(CCCCC)CC3)cc2F)cc1. The molecule has 2 aromatic carbocycles. The maximum atomic E-state index is 15.3. The zero-order valence-corrected chi connectivity index (χ0v) is 24.1. The van der Waals surface area contributed by atoms with Gasteiger partial charge in [0.15, 0.2) is 0 Å². The van der Waals surface area contributed by atoms with Gasteiger partial charge >= 0.3 is 11.9 Å². The van der Waals surface area contributed by atoms with E-state index in [-0.39, 0.29) is 30.2 Å². The number of ether oxygens (including phenoxy) is 2. The van der Waals surface area contributed by atoms with Crippen molar-refractivity contribution in [2.45, 2.75) is 70.1 Å². The molecule has 1 aliphatic rings. The van der Waals surface area contributed by atoms with Crippen molar-refractivity contribution in [3.8, 4) is 11.1 Å². The van der Waals surface area contributed by atoms with Crippen molar-refractivity contribution in [2.24, 2.45) is 5.92 Å². The number of aliphatic hydroxyl groups is 2. The Labute approximate surface area is 242 Å². The lowest BCUT2D eigenvalue weighted by atomic mass is 9.77. The van der Waals surface area contributed by atoms with E-state index in [0.29, 0.717) is 22.6 Å². The van der Waals surface area contributed by atoms with Crippen molar-refractivity contribution in [1.29, 1.82) is 0 Å². The molecular formula is C34H43FO6. The first-order chi connectivity index (χ1) is 19.8. The lowest BCUT2D eigenvalue weighted by molar-refractivity contribution is -0.142. The molecule has 1 fully saturated rings. The van der Waals surface area contributed by atoms with Crippen LogP contribution in [0.1, 0.15) is 81.3 Å². The first-order valence-corrected chi connectivity index (χ1v) is 14.6.